The van der Waals surface area contributed by atoms with Gasteiger partial charge in [-0.2, -0.15) is 0 Å². The summed E-state index contributed by atoms with van der Waals surface area (Å²) in [6.45, 7) is 7.20. The highest BCUT2D eigenvalue weighted by atomic mass is 16.5. The zero-order chi connectivity index (χ0) is 16.7. The third kappa shape index (κ3) is 5.20. The van der Waals surface area contributed by atoms with Crippen molar-refractivity contribution in [2.24, 2.45) is 5.92 Å². The van der Waals surface area contributed by atoms with Gasteiger partial charge < -0.3 is 14.5 Å². The number of nitrogens with zero attached hydrogens (tertiary/aromatic N) is 2. The predicted molar refractivity (Wildman–Crippen MR) is 90.1 cm³/mol. The van der Waals surface area contributed by atoms with Crippen LogP contribution in [0.2, 0.25) is 0 Å². The van der Waals surface area contributed by atoms with E-state index in [1.807, 2.05) is 16.7 Å². The molecule has 2 fully saturated rings. The fraction of sp³-hybridized carbons (Fsp3) is 0.889. The molecule has 0 aromatic carbocycles. The van der Waals surface area contributed by atoms with E-state index in [4.69, 9.17) is 4.74 Å². The normalized spacial score (nSPS) is 21.3. The fourth-order valence-corrected chi connectivity index (χ4v) is 3.49. The molecule has 1 heterocycles. The lowest BCUT2D eigenvalue weighted by Gasteiger charge is -2.38. The quantitative estimate of drug-likeness (QED) is 0.705. The van der Waals surface area contributed by atoms with Crippen LogP contribution in [0.1, 0.15) is 58.8 Å². The average Bonchev–Trinajstić information content (AvgIpc) is 2.61. The Morgan fingerprint density at radius 1 is 1.04 bits per heavy atom. The number of carbonyl (C=O) groups excluding carboxylic acids is 2. The third-order valence-electron chi connectivity index (χ3n) is 5.07. The van der Waals surface area contributed by atoms with Crippen LogP contribution >= 0.6 is 0 Å². The van der Waals surface area contributed by atoms with Crippen LogP contribution in [-0.4, -0.2) is 60.5 Å². The Balaban J connectivity index is 1.74. The summed E-state index contributed by atoms with van der Waals surface area (Å²) in [6.07, 6.45) is 7.40. The molecule has 0 spiro atoms. The number of rotatable bonds is 6. The number of carbonyl (C=O) groups is 2. The molecule has 1 aliphatic carbocycles. The minimum Gasteiger partial charge on any atom is -0.369 e. The van der Waals surface area contributed by atoms with E-state index in [-0.39, 0.29) is 17.9 Å². The van der Waals surface area contributed by atoms with Gasteiger partial charge in [0.25, 0.3) is 5.91 Å². The van der Waals surface area contributed by atoms with E-state index in [1.54, 1.807) is 0 Å². The van der Waals surface area contributed by atoms with Gasteiger partial charge in [0.1, 0.15) is 6.10 Å². The molecule has 0 aromatic rings. The number of hydrogen-bond acceptors (Lipinski definition) is 3. The summed E-state index contributed by atoms with van der Waals surface area (Å²) < 4.78 is 5.60. The van der Waals surface area contributed by atoms with E-state index in [0.717, 1.165) is 25.7 Å². The first-order valence-corrected chi connectivity index (χ1v) is 9.32. The molecule has 0 aromatic heterocycles. The van der Waals surface area contributed by atoms with E-state index >= 15 is 0 Å². The summed E-state index contributed by atoms with van der Waals surface area (Å²) in [6, 6.07) is 0. The second-order valence-corrected chi connectivity index (χ2v) is 6.85. The van der Waals surface area contributed by atoms with E-state index in [9.17, 15) is 9.59 Å². The lowest BCUT2D eigenvalue weighted by molar-refractivity contribution is -0.148. The topological polar surface area (TPSA) is 49.9 Å². The monoisotopic (exact) mass is 324 g/mol. The highest BCUT2D eigenvalue weighted by molar-refractivity contribution is 5.82. The average molecular weight is 324 g/mol. The van der Waals surface area contributed by atoms with Gasteiger partial charge in [-0.1, -0.05) is 32.6 Å². The highest BCUT2D eigenvalue weighted by Crippen LogP contribution is 2.25. The maximum absolute atomic E-state index is 12.5. The van der Waals surface area contributed by atoms with Crippen molar-refractivity contribution >= 4 is 11.8 Å². The predicted octanol–water partition coefficient (Wildman–Crippen LogP) is 2.44. The van der Waals surface area contributed by atoms with Gasteiger partial charge in [-0.3, -0.25) is 9.59 Å². The molecule has 2 aliphatic rings. The van der Waals surface area contributed by atoms with E-state index in [0.29, 0.717) is 38.7 Å². The summed E-state index contributed by atoms with van der Waals surface area (Å²) in [5, 5.41) is 0. The van der Waals surface area contributed by atoms with Crippen LogP contribution in [0.4, 0.5) is 0 Å². The van der Waals surface area contributed by atoms with Crippen molar-refractivity contribution in [1.29, 1.82) is 0 Å². The number of piperazine rings is 1. The van der Waals surface area contributed by atoms with Crippen molar-refractivity contribution in [3.8, 4) is 0 Å². The zero-order valence-electron chi connectivity index (χ0n) is 14.8. The fourth-order valence-electron chi connectivity index (χ4n) is 3.49. The molecule has 0 bridgehead atoms. The molecule has 23 heavy (non-hydrogen) atoms. The number of amides is 2. The van der Waals surface area contributed by atoms with Crippen molar-refractivity contribution in [2.45, 2.75) is 64.9 Å². The lowest BCUT2D eigenvalue weighted by atomic mass is 9.88. The Labute approximate surface area is 140 Å². The Bertz CT molecular complexity index is 386. The molecule has 5 nitrogen and oxygen atoms in total. The summed E-state index contributed by atoms with van der Waals surface area (Å²) in [7, 11) is 0. The standard InChI is InChI=1S/C18H32N2O3/c1-3-4-14-23-15(2)17(21)19-10-12-20(13-11-19)18(22)16-8-6-5-7-9-16/h15-16H,3-14H2,1-2H3. The van der Waals surface area contributed by atoms with Crippen molar-refractivity contribution in [2.75, 3.05) is 32.8 Å². The van der Waals surface area contributed by atoms with E-state index in [1.165, 1.54) is 19.3 Å². The van der Waals surface area contributed by atoms with Gasteiger partial charge in [0.15, 0.2) is 0 Å². The summed E-state index contributed by atoms with van der Waals surface area (Å²) in [5.74, 6) is 0.595. The van der Waals surface area contributed by atoms with Gasteiger partial charge in [0.05, 0.1) is 0 Å². The molecule has 2 amide bonds. The van der Waals surface area contributed by atoms with Gasteiger partial charge in [-0.05, 0) is 26.2 Å². The molecule has 2 rings (SSSR count). The molecule has 1 unspecified atom stereocenters. The summed E-state index contributed by atoms with van der Waals surface area (Å²) in [4.78, 5) is 28.7. The van der Waals surface area contributed by atoms with Crippen LogP contribution < -0.4 is 0 Å². The van der Waals surface area contributed by atoms with Crippen LogP contribution in [0, 0.1) is 5.92 Å². The number of hydrogen-bond donors (Lipinski definition) is 0. The number of unbranched alkanes of at least 4 members (excludes halogenated alkanes) is 1. The molecule has 0 radical (unpaired) electrons. The van der Waals surface area contributed by atoms with Crippen LogP contribution in [0.3, 0.4) is 0 Å². The summed E-state index contributed by atoms with van der Waals surface area (Å²) in [5.41, 5.74) is 0. The smallest absolute Gasteiger partial charge is 0.251 e. The molecule has 1 aliphatic heterocycles. The van der Waals surface area contributed by atoms with Gasteiger partial charge >= 0.3 is 0 Å². The Hall–Kier alpha value is -1.10. The molecular formula is C18H32N2O3. The van der Waals surface area contributed by atoms with E-state index in [2.05, 4.69) is 6.92 Å². The first-order valence-electron chi connectivity index (χ1n) is 9.32. The first-order chi connectivity index (χ1) is 11.1. The van der Waals surface area contributed by atoms with Crippen LogP contribution in [0.25, 0.3) is 0 Å². The molecule has 1 atom stereocenters. The van der Waals surface area contributed by atoms with Crippen LogP contribution in [0.15, 0.2) is 0 Å². The lowest BCUT2D eigenvalue weighted by Crippen LogP contribution is -2.54. The van der Waals surface area contributed by atoms with E-state index < -0.39 is 0 Å². The Morgan fingerprint density at radius 3 is 2.26 bits per heavy atom. The molecule has 1 saturated heterocycles. The molecule has 5 heteroatoms. The van der Waals surface area contributed by atoms with Crippen LogP contribution in [0.5, 0.6) is 0 Å². The van der Waals surface area contributed by atoms with Gasteiger partial charge in [-0.25, -0.2) is 0 Å². The molecule has 1 saturated carbocycles. The largest absolute Gasteiger partial charge is 0.369 e. The minimum atomic E-state index is -0.373. The highest BCUT2D eigenvalue weighted by Gasteiger charge is 2.30. The third-order valence-corrected chi connectivity index (χ3v) is 5.07. The SMILES string of the molecule is CCCCOC(C)C(=O)N1CCN(C(=O)C2CCCCC2)CC1. The number of ether oxygens (including phenoxy) is 1. The molecule has 0 N–H and O–H groups in total. The molecular weight excluding hydrogens is 292 g/mol. The Morgan fingerprint density at radius 2 is 1.65 bits per heavy atom. The zero-order valence-corrected chi connectivity index (χ0v) is 14.8. The minimum absolute atomic E-state index is 0.0610. The first kappa shape index (κ1) is 18.2. The van der Waals surface area contributed by atoms with Gasteiger partial charge in [0.2, 0.25) is 5.91 Å². The second kappa shape index (κ2) is 9.26. The molecule has 132 valence electrons. The van der Waals surface area contributed by atoms with Gasteiger partial charge in [-0.15, -0.1) is 0 Å². The second-order valence-electron chi connectivity index (χ2n) is 6.85. The van der Waals surface area contributed by atoms with Crippen molar-refractivity contribution in [3.05, 3.63) is 0 Å². The van der Waals surface area contributed by atoms with Crippen LogP contribution in [-0.2, 0) is 14.3 Å². The van der Waals surface area contributed by atoms with Crippen molar-refractivity contribution in [1.82, 2.24) is 9.80 Å². The Kier molecular flexibility index (Phi) is 7.34. The van der Waals surface area contributed by atoms with Crippen molar-refractivity contribution in [3.63, 3.8) is 0 Å². The summed E-state index contributed by atoms with van der Waals surface area (Å²) >= 11 is 0. The van der Waals surface area contributed by atoms with Crippen molar-refractivity contribution < 1.29 is 14.3 Å². The van der Waals surface area contributed by atoms with Gasteiger partial charge in [0, 0.05) is 38.7 Å². The maximum Gasteiger partial charge on any atom is 0.251 e. The maximum atomic E-state index is 12.5.